The van der Waals surface area contributed by atoms with Gasteiger partial charge in [-0.05, 0) is 17.1 Å². The molecule has 3 heterocycles. The molecule has 0 bridgehead atoms. The molecule has 3 rings (SSSR count). The zero-order valence-corrected chi connectivity index (χ0v) is 12.7. The van der Waals surface area contributed by atoms with Crippen molar-refractivity contribution >= 4 is 23.6 Å². The molecule has 0 saturated carbocycles. The first-order chi connectivity index (χ1) is 11.0. The van der Waals surface area contributed by atoms with Crippen molar-refractivity contribution < 1.29 is 4.92 Å². The first-order valence-corrected chi connectivity index (χ1v) is 6.57. The fourth-order valence-corrected chi connectivity index (χ4v) is 1.94. The molecule has 0 fully saturated rings. The van der Waals surface area contributed by atoms with Crippen molar-refractivity contribution in [2.75, 3.05) is 14.1 Å². The minimum absolute atomic E-state index is 0.140. The quantitative estimate of drug-likeness (QED) is 0.300. The van der Waals surface area contributed by atoms with E-state index in [1.165, 1.54) is 22.3 Å². The van der Waals surface area contributed by atoms with Crippen LogP contribution < -0.4 is 0 Å². The number of fused-ring (bicyclic) bond motifs is 1. The Balaban J connectivity index is 2.11. The monoisotopic (exact) mass is 315 g/mol. The van der Waals surface area contributed by atoms with Gasteiger partial charge in [0.2, 0.25) is 5.82 Å². The van der Waals surface area contributed by atoms with E-state index < -0.39 is 4.92 Å². The molecule has 23 heavy (non-hydrogen) atoms. The SMILES string of the molecule is CN(C)C=Nc1ccc2nnc(-c3ncc([N+](=O)[O-])n3C)n2n1. The van der Waals surface area contributed by atoms with Gasteiger partial charge in [0.1, 0.15) is 6.20 Å². The normalized spacial score (nSPS) is 11.4. The van der Waals surface area contributed by atoms with E-state index in [1.807, 2.05) is 14.1 Å². The van der Waals surface area contributed by atoms with E-state index in [2.05, 4.69) is 25.3 Å². The molecule has 118 valence electrons. The van der Waals surface area contributed by atoms with Crippen molar-refractivity contribution in [3.05, 3.63) is 28.4 Å². The summed E-state index contributed by atoms with van der Waals surface area (Å²) in [6.45, 7) is 0. The topological polar surface area (TPSA) is 120 Å². The van der Waals surface area contributed by atoms with Crippen molar-refractivity contribution in [2.45, 2.75) is 0 Å². The highest BCUT2D eigenvalue weighted by atomic mass is 16.6. The van der Waals surface area contributed by atoms with Gasteiger partial charge in [-0.2, -0.15) is 4.52 Å². The average Bonchev–Trinajstić information content (AvgIpc) is 3.07. The third-order valence-corrected chi connectivity index (χ3v) is 3.02. The van der Waals surface area contributed by atoms with Crippen LogP contribution in [-0.4, -0.2) is 59.6 Å². The number of hydrogen-bond acceptors (Lipinski definition) is 7. The summed E-state index contributed by atoms with van der Waals surface area (Å²) in [5.74, 6) is 0.914. The number of rotatable bonds is 4. The Hall–Kier alpha value is -3.37. The fraction of sp³-hybridized carbons (Fsp3) is 0.250. The van der Waals surface area contributed by atoms with Crippen molar-refractivity contribution in [2.24, 2.45) is 12.0 Å². The van der Waals surface area contributed by atoms with Crippen LogP contribution >= 0.6 is 0 Å². The largest absolute Gasteiger partial charge is 0.369 e. The van der Waals surface area contributed by atoms with Gasteiger partial charge in [0, 0.05) is 14.1 Å². The number of nitrogens with zero attached hydrogens (tertiary/aromatic N) is 9. The van der Waals surface area contributed by atoms with Crippen LogP contribution in [0.5, 0.6) is 0 Å². The van der Waals surface area contributed by atoms with E-state index in [4.69, 9.17) is 0 Å². The summed E-state index contributed by atoms with van der Waals surface area (Å²) < 4.78 is 2.78. The minimum atomic E-state index is -0.514. The summed E-state index contributed by atoms with van der Waals surface area (Å²) >= 11 is 0. The molecular formula is C12H13N9O2. The lowest BCUT2D eigenvalue weighted by Crippen LogP contribution is -2.07. The molecular weight excluding hydrogens is 302 g/mol. The molecule has 0 atom stereocenters. The van der Waals surface area contributed by atoms with E-state index in [9.17, 15) is 10.1 Å². The van der Waals surface area contributed by atoms with Crippen molar-refractivity contribution in [1.29, 1.82) is 0 Å². The van der Waals surface area contributed by atoms with E-state index in [-0.39, 0.29) is 5.82 Å². The van der Waals surface area contributed by atoms with Crippen LogP contribution in [0.4, 0.5) is 11.6 Å². The fourth-order valence-electron chi connectivity index (χ4n) is 1.94. The molecule has 0 saturated heterocycles. The summed E-state index contributed by atoms with van der Waals surface area (Å²) in [6.07, 6.45) is 2.79. The standard InChI is InChI=1S/C12H13N9O2/c1-18(2)7-14-8-4-5-9-15-16-12(20(9)17-8)11-13-6-10(19(11)3)21(22)23/h4-7H,1-3H3. The van der Waals surface area contributed by atoms with E-state index in [0.29, 0.717) is 23.1 Å². The lowest BCUT2D eigenvalue weighted by atomic mass is 10.5. The molecule has 0 aliphatic heterocycles. The highest BCUT2D eigenvalue weighted by molar-refractivity contribution is 5.60. The van der Waals surface area contributed by atoms with Gasteiger partial charge in [0.05, 0.1) is 13.4 Å². The molecule has 11 heteroatoms. The van der Waals surface area contributed by atoms with Gasteiger partial charge in [-0.3, -0.25) is 0 Å². The van der Waals surface area contributed by atoms with Crippen LogP contribution in [0.2, 0.25) is 0 Å². The molecule has 11 nitrogen and oxygen atoms in total. The second-order valence-electron chi connectivity index (χ2n) is 4.95. The Labute approximate surface area is 130 Å². The Bertz CT molecular complexity index is 909. The molecule has 0 spiro atoms. The van der Waals surface area contributed by atoms with Crippen LogP contribution in [-0.2, 0) is 7.05 Å². The molecule has 0 radical (unpaired) electrons. The maximum Gasteiger partial charge on any atom is 0.343 e. The van der Waals surface area contributed by atoms with Crippen molar-refractivity contribution in [1.82, 2.24) is 34.3 Å². The Morgan fingerprint density at radius 2 is 2.09 bits per heavy atom. The van der Waals surface area contributed by atoms with Crippen molar-refractivity contribution in [3.8, 4) is 11.6 Å². The predicted molar refractivity (Wildman–Crippen MR) is 81.5 cm³/mol. The van der Waals surface area contributed by atoms with Gasteiger partial charge in [0.15, 0.2) is 11.5 Å². The first-order valence-electron chi connectivity index (χ1n) is 6.57. The second-order valence-corrected chi connectivity index (χ2v) is 4.95. The maximum absolute atomic E-state index is 10.9. The molecule has 0 aliphatic rings. The van der Waals surface area contributed by atoms with Gasteiger partial charge < -0.3 is 15.0 Å². The molecule has 0 aliphatic carbocycles. The second kappa shape index (κ2) is 5.44. The third-order valence-electron chi connectivity index (χ3n) is 3.02. The van der Waals surface area contributed by atoms with Gasteiger partial charge in [-0.15, -0.1) is 15.3 Å². The molecule has 0 unspecified atom stereocenters. The van der Waals surface area contributed by atoms with Crippen molar-refractivity contribution in [3.63, 3.8) is 0 Å². The van der Waals surface area contributed by atoms with E-state index in [1.54, 1.807) is 23.4 Å². The highest BCUT2D eigenvalue weighted by Crippen LogP contribution is 2.21. The first kappa shape index (κ1) is 14.6. The summed E-state index contributed by atoms with van der Waals surface area (Å²) in [5, 5.41) is 23.3. The number of hydrogen-bond donors (Lipinski definition) is 0. The molecule has 3 aromatic rings. The molecule has 0 aromatic carbocycles. The van der Waals surface area contributed by atoms with Crippen LogP contribution in [0, 0.1) is 10.1 Å². The smallest absolute Gasteiger partial charge is 0.343 e. The summed E-state index contributed by atoms with van der Waals surface area (Å²) in [5.41, 5.74) is 0.495. The number of aliphatic imine (C=N–C) groups is 1. The van der Waals surface area contributed by atoms with E-state index in [0.717, 1.165) is 0 Å². The van der Waals surface area contributed by atoms with Gasteiger partial charge in [-0.25, -0.2) is 14.5 Å². The van der Waals surface area contributed by atoms with Crippen LogP contribution in [0.3, 0.4) is 0 Å². The maximum atomic E-state index is 10.9. The zero-order valence-electron chi connectivity index (χ0n) is 12.7. The summed E-state index contributed by atoms with van der Waals surface area (Å²) in [4.78, 5) is 20.4. The summed E-state index contributed by atoms with van der Waals surface area (Å²) in [6, 6.07) is 3.41. The lowest BCUT2D eigenvalue weighted by Gasteiger charge is -2.02. The minimum Gasteiger partial charge on any atom is -0.369 e. The van der Waals surface area contributed by atoms with Gasteiger partial charge in [0.25, 0.3) is 5.82 Å². The van der Waals surface area contributed by atoms with Crippen LogP contribution in [0.25, 0.3) is 17.3 Å². The zero-order chi connectivity index (χ0) is 16.6. The Morgan fingerprint density at radius 1 is 1.30 bits per heavy atom. The number of imidazole rings is 1. The van der Waals surface area contributed by atoms with Crippen LogP contribution in [0.15, 0.2) is 23.3 Å². The number of aromatic nitrogens is 6. The third kappa shape index (κ3) is 2.59. The molecule has 3 aromatic heterocycles. The molecule has 0 N–H and O–H groups in total. The van der Waals surface area contributed by atoms with Gasteiger partial charge in [-0.1, -0.05) is 0 Å². The lowest BCUT2D eigenvalue weighted by molar-refractivity contribution is -0.391. The predicted octanol–water partition coefficient (Wildman–Crippen LogP) is 0.654. The average molecular weight is 315 g/mol. The highest BCUT2D eigenvalue weighted by Gasteiger charge is 2.23. The van der Waals surface area contributed by atoms with Gasteiger partial charge >= 0.3 is 5.82 Å². The Kier molecular flexibility index (Phi) is 3.44. The summed E-state index contributed by atoms with van der Waals surface area (Å²) in [7, 11) is 5.23. The molecule has 0 amide bonds. The number of nitro groups is 1. The van der Waals surface area contributed by atoms with E-state index >= 15 is 0 Å². The van der Waals surface area contributed by atoms with Crippen LogP contribution in [0.1, 0.15) is 0 Å². The Morgan fingerprint density at radius 3 is 2.74 bits per heavy atom.